The number of rotatable bonds is 1. The summed E-state index contributed by atoms with van der Waals surface area (Å²) in [6, 6.07) is 0. The van der Waals surface area contributed by atoms with Crippen LogP contribution in [0.3, 0.4) is 0 Å². The molecular formula is C7H14NO3. The summed E-state index contributed by atoms with van der Waals surface area (Å²) in [4.78, 5) is 10.8. The van der Waals surface area contributed by atoms with Crippen LogP contribution in [0.2, 0.25) is 0 Å². The molecule has 0 heterocycles. The van der Waals surface area contributed by atoms with Crippen molar-refractivity contribution < 1.29 is 14.6 Å². The fourth-order valence-electron chi connectivity index (χ4n) is 0.366. The molecule has 0 aliphatic carbocycles. The quantitative estimate of drug-likeness (QED) is 0.412. The summed E-state index contributed by atoms with van der Waals surface area (Å²) < 4.78 is 4.73. The van der Waals surface area contributed by atoms with Crippen LogP contribution in [-0.2, 0) is 9.53 Å². The van der Waals surface area contributed by atoms with Crippen molar-refractivity contribution in [3.63, 3.8) is 0 Å². The van der Waals surface area contributed by atoms with E-state index < -0.39 is 17.3 Å². The highest BCUT2D eigenvalue weighted by Gasteiger charge is 2.30. The SMILES string of the molecule is [CH2]C(N)(O)C(=O)OC(C)(C)C. The number of nitrogens with two attached hydrogens (primary N) is 1. The van der Waals surface area contributed by atoms with E-state index in [1.807, 2.05) is 0 Å². The molecule has 0 saturated carbocycles. The third kappa shape index (κ3) is 4.75. The molecule has 1 radical (unpaired) electrons. The van der Waals surface area contributed by atoms with Crippen LogP contribution in [-0.4, -0.2) is 22.4 Å². The summed E-state index contributed by atoms with van der Waals surface area (Å²) in [5.41, 5.74) is 2.16. The lowest BCUT2D eigenvalue weighted by molar-refractivity contribution is -0.172. The Balaban J connectivity index is 4.11. The van der Waals surface area contributed by atoms with Gasteiger partial charge in [-0.05, 0) is 20.8 Å². The first-order valence-electron chi connectivity index (χ1n) is 3.23. The summed E-state index contributed by atoms with van der Waals surface area (Å²) >= 11 is 0. The van der Waals surface area contributed by atoms with Gasteiger partial charge in [0.1, 0.15) is 5.60 Å². The van der Waals surface area contributed by atoms with Gasteiger partial charge in [-0.3, -0.25) is 5.73 Å². The number of esters is 1. The van der Waals surface area contributed by atoms with Gasteiger partial charge in [-0.25, -0.2) is 4.79 Å². The van der Waals surface area contributed by atoms with Crippen molar-refractivity contribution in [2.45, 2.75) is 32.1 Å². The van der Waals surface area contributed by atoms with Crippen molar-refractivity contribution >= 4 is 5.97 Å². The molecule has 4 heteroatoms. The van der Waals surface area contributed by atoms with Gasteiger partial charge < -0.3 is 9.84 Å². The van der Waals surface area contributed by atoms with Crippen molar-refractivity contribution in [3.8, 4) is 0 Å². The van der Waals surface area contributed by atoms with Gasteiger partial charge in [-0.15, -0.1) is 0 Å². The van der Waals surface area contributed by atoms with Gasteiger partial charge in [0, 0.05) is 6.92 Å². The van der Waals surface area contributed by atoms with Crippen molar-refractivity contribution in [2.75, 3.05) is 0 Å². The molecule has 1 atom stereocenters. The minimum absolute atomic E-state index is 0.651. The summed E-state index contributed by atoms with van der Waals surface area (Å²) in [7, 11) is 0. The van der Waals surface area contributed by atoms with Crippen LogP contribution in [0.4, 0.5) is 0 Å². The Morgan fingerprint density at radius 1 is 1.55 bits per heavy atom. The maximum atomic E-state index is 10.8. The zero-order chi connectivity index (χ0) is 9.28. The zero-order valence-corrected chi connectivity index (χ0v) is 7.05. The molecule has 0 aliphatic rings. The predicted octanol–water partition coefficient (Wildman–Crippen LogP) is -0.191. The summed E-state index contributed by atoms with van der Waals surface area (Å²) in [5.74, 6) is -0.926. The summed E-state index contributed by atoms with van der Waals surface area (Å²) in [6.45, 7) is 8.04. The maximum absolute atomic E-state index is 10.8. The molecule has 0 rings (SSSR count). The van der Waals surface area contributed by atoms with Crippen LogP contribution in [0.25, 0.3) is 0 Å². The summed E-state index contributed by atoms with van der Waals surface area (Å²) in [5, 5.41) is 8.84. The molecule has 65 valence electrons. The average Bonchev–Trinajstić information content (AvgIpc) is 1.56. The Bertz CT molecular complexity index is 152. The summed E-state index contributed by atoms with van der Waals surface area (Å²) in [6.07, 6.45) is 0. The highest BCUT2D eigenvalue weighted by molar-refractivity contribution is 5.79. The number of carbonyl (C=O) groups is 1. The van der Waals surface area contributed by atoms with Gasteiger partial charge in [0.2, 0.25) is 5.72 Å². The molecule has 0 bridgehead atoms. The van der Waals surface area contributed by atoms with E-state index in [1.54, 1.807) is 20.8 Å². The zero-order valence-electron chi connectivity index (χ0n) is 7.05. The smallest absolute Gasteiger partial charge is 0.353 e. The second-order valence-corrected chi connectivity index (χ2v) is 3.43. The van der Waals surface area contributed by atoms with E-state index in [2.05, 4.69) is 6.92 Å². The monoisotopic (exact) mass is 160 g/mol. The van der Waals surface area contributed by atoms with Gasteiger partial charge in [-0.1, -0.05) is 0 Å². The fraction of sp³-hybridized carbons (Fsp3) is 0.714. The second-order valence-electron chi connectivity index (χ2n) is 3.43. The number of ether oxygens (including phenoxy) is 1. The van der Waals surface area contributed by atoms with E-state index in [-0.39, 0.29) is 0 Å². The lowest BCUT2D eigenvalue weighted by atomic mass is 10.2. The van der Waals surface area contributed by atoms with Crippen LogP contribution in [0.1, 0.15) is 20.8 Å². The molecule has 0 spiro atoms. The molecule has 0 aromatic rings. The highest BCUT2D eigenvalue weighted by atomic mass is 16.6. The number of hydrogen-bond donors (Lipinski definition) is 2. The van der Waals surface area contributed by atoms with Gasteiger partial charge in [0.05, 0.1) is 0 Å². The minimum atomic E-state index is -2.15. The predicted molar refractivity (Wildman–Crippen MR) is 40.3 cm³/mol. The van der Waals surface area contributed by atoms with Crippen molar-refractivity contribution in [1.82, 2.24) is 0 Å². The van der Waals surface area contributed by atoms with Gasteiger partial charge in [0.25, 0.3) is 0 Å². The van der Waals surface area contributed by atoms with Crippen LogP contribution in [0.15, 0.2) is 0 Å². The maximum Gasteiger partial charge on any atom is 0.353 e. The largest absolute Gasteiger partial charge is 0.457 e. The van der Waals surface area contributed by atoms with E-state index >= 15 is 0 Å². The Morgan fingerprint density at radius 2 is 1.91 bits per heavy atom. The van der Waals surface area contributed by atoms with Gasteiger partial charge in [-0.2, -0.15) is 0 Å². The standard InChI is InChI=1S/C7H14NO3/c1-6(2,3)11-5(9)7(4,8)10/h10H,4,8H2,1-3H3. The molecule has 0 aromatic heterocycles. The molecular weight excluding hydrogens is 146 g/mol. The molecule has 0 aromatic carbocycles. The first-order valence-corrected chi connectivity index (χ1v) is 3.23. The Labute approximate surface area is 66.3 Å². The van der Waals surface area contributed by atoms with E-state index in [0.717, 1.165) is 0 Å². The van der Waals surface area contributed by atoms with E-state index in [9.17, 15) is 4.79 Å². The molecule has 11 heavy (non-hydrogen) atoms. The minimum Gasteiger partial charge on any atom is -0.457 e. The van der Waals surface area contributed by atoms with Crippen LogP contribution in [0.5, 0.6) is 0 Å². The van der Waals surface area contributed by atoms with Crippen LogP contribution in [0, 0.1) is 6.92 Å². The lowest BCUT2D eigenvalue weighted by Crippen LogP contribution is -2.48. The Hall–Kier alpha value is -0.610. The molecule has 4 nitrogen and oxygen atoms in total. The molecule has 3 N–H and O–H groups in total. The lowest BCUT2D eigenvalue weighted by Gasteiger charge is -2.24. The average molecular weight is 160 g/mol. The molecule has 0 fully saturated rings. The van der Waals surface area contributed by atoms with Crippen molar-refractivity contribution in [3.05, 3.63) is 6.92 Å². The normalized spacial score (nSPS) is 17.3. The van der Waals surface area contributed by atoms with Crippen molar-refractivity contribution in [1.29, 1.82) is 0 Å². The number of carbonyl (C=O) groups excluding carboxylic acids is 1. The van der Waals surface area contributed by atoms with Gasteiger partial charge >= 0.3 is 5.97 Å². The van der Waals surface area contributed by atoms with Crippen molar-refractivity contribution in [2.24, 2.45) is 5.73 Å². The van der Waals surface area contributed by atoms with E-state index in [1.165, 1.54) is 0 Å². The highest BCUT2D eigenvalue weighted by Crippen LogP contribution is 2.10. The first kappa shape index (κ1) is 10.4. The number of aliphatic hydroxyl groups is 1. The molecule has 0 aliphatic heterocycles. The number of hydrogen-bond acceptors (Lipinski definition) is 4. The topological polar surface area (TPSA) is 72.5 Å². The second kappa shape index (κ2) is 2.79. The third-order valence-corrected chi connectivity index (χ3v) is 0.752. The first-order chi connectivity index (χ1) is 4.63. The van der Waals surface area contributed by atoms with Gasteiger partial charge in [0.15, 0.2) is 0 Å². The Kier molecular flexibility index (Phi) is 2.64. The van der Waals surface area contributed by atoms with E-state index in [0.29, 0.717) is 0 Å². The molecule has 0 amide bonds. The Morgan fingerprint density at radius 3 is 2.00 bits per heavy atom. The molecule has 0 saturated heterocycles. The fourth-order valence-corrected chi connectivity index (χ4v) is 0.366. The third-order valence-electron chi connectivity index (χ3n) is 0.752. The van der Waals surface area contributed by atoms with E-state index in [4.69, 9.17) is 15.6 Å². The van der Waals surface area contributed by atoms with Crippen LogP contribution >= 0.6 is 0 Å². The molecule has 1 unspecified atom stereocenters. The van der Waals surface area contributed by atoms with Crippen LogP contribution < -0.4 is 5.73 Å².